The molecule has 2 aliphatic heterocycles. The van der Waals surface area contributed by atoms with E-state index in [4.69, 9.17) is 15.2 Å². The molecule has 3 heterocycles. The van der Waals surface area contributed by atoms with Gasteiger partial charge in [-0.3, -0.25) is 14.4 Å². The van der Waals surface area contributed by atoms with Crippen LogP contribution in [-0.4, -0.2) is 46.2 Å². The summed E-state index contributed by atoms with van der Waals surface area (Å²) in [4.78, 5) is 50.7. The molecule has 1 aromatic heterocycles. The maximum Gasteiger partial charge on any atom is 0.404 e. The van der Waals surface area contributed by atoms with Crippen molar-refractivity contribution in [3.63, 3.8) is 0 Å². The van der Waals surface area contributed by atoms with Gasteiger partial charge in [-0.2, -0.15) is 0 Å². The topological polar surface area (TPSA) is 121 Å². The molecule has 4 rings (SSSR count). The minimum absolute atomic E-state index is 0.223. The van der Waals surface area contributed by atoms with E-state index in [0.29, 0.717) is 35.5 Å². The number of ether oxygens (including phenoxy) is 2. The first-order valence-corrected chi connectivity index (χ1v) is 8.71. The van der Waals surface area contributed by atoms with Crippen LogP contribution in [0.5, 0.6) is 0 Å². The number of nitrogens with zero attached hydrogens (tertiary/aromatic N) is 2. The molecule has 3 aliphatic rings. The van der Waals surface area contributed by atoms with Crippen molar-refractivity contribution in [3.05, 3.63) is 33.8 Å². The lowest BCUT2D eigenvalue weighted by atomic mass is 9.89. The maximum absolute atomic E-state index is 13.2. The molecule has 0 aromatic carbocycles. The Morgan fingerprint density at radius 3 is 2.48 bits per heavy atom. The second kappa shape index (κ2) is 5.97. The number of esters is 1. The number of amides is 1. The molecule has 1 fully saturated rings. The van der Waals surface area contributed by atoms with Crippen LogP contribution in [0.15, 0.2) is 11.3 Å². The molecule has 1 aliphatic carbocycles. The van der Waals surface area contributed by atoms with Gasteiger partial charge in [-0.1, -0.05) is 0 Å². The minimum atomic E-state index is -0.988. The molecule has 9 heteroatoms. The highest BCUT2D eigenvalue weighted by Gasteiger charge is 2.45. The van der Waals surface area contributed by atoms with Gasteiger partial charge in [0.1, 0.15) is 18.4 Å². The molecule has 1 unspecified atom stereocenters. The van der Waals surface area contributed by atoms with Gasteiger partial charge in [-0.25, -0.2) is 4.79 Å². The van der Waals surface area contributed by atoms with Crippen molar-refractivity contribution >= 4 is 23.6 Å². The molecule has 142 valence electrons. The Balaban J connectivity index is 1.88. The zero-order valence-corrected chi connectivity index (χ0v) is 15.0. The third-order valence-electron chi connectivity index (χ3n) is 5.11. The first kappa shape index (κ1) is 17.3. The second-order valence-electron chi connectivity index (χ2n) is 6.85. The number of fused-ring (bicyclic) bond motifs is 3. The maximum atomic E-state index is 13.2. The summed E-state index contributed by atoms with van der Waals surface area (Å²) >= 11 is 0. The molecular formula is C18H19N3O6. The fourth-order valence-electron chi connectivity index (χ4n) is 3.99. The molecule has 2 N–H and O–H groups in total. The first-order valence-electron chi connectivity index (χ1n) is 8.71. The van der Waals surface area contributed by atoms with E-state index >= 15 is 0 Å². The Hall–Kier alpha value is -3.10. The van der Waals surface area contributed by atoms with Gasteiger partial charge in [0.25, 0.3) is 0 Å². The van der Waals surface area contributed by atoms with Gasteiger partial charge in [-0.15, -0.1) is 0 Å². The van der Waals surface area contributed by atoms with E-state index in [1.165, 1.54) is 6.92 Å². The normalized spacial score (nSPS) is 20.5. The summed E-state index contributed by atoms with van der Waals surface area (Å²) in [5.74, 6) is -0.973. The zero-order valence-electron chi connectivity index (χ0n) is 15.0. The van der Waals surface area contributed by atoms with Crippen LogP contribution in [0.1, 0.15) is 58.5 Å². The van der Waals surface area contributed by atoms with Crippen molar-refractivity contribution < 1.29 is 28.7 Å². The van der Waals surface area contributed by atoms with Crippen molar-refractivity contribution in [2.24, 2.45) is 5.73 Å². The van der Waals surface area contributed by atoms with Gasteiger partial charge in [0.05, 0.1) is 17.0 Å². The third kappa shape index (κ3) is 2.61. The number of hydrogen-bond acceptors (Lipinski definition) is 7. The number of rotatable bonds is 4. The Kier molecular flexibility index (Phi) is 3.83. The number of primary amides is 1. The van der Waals surface area contributed by atoms with Gasteiger partial charge in [0.2, 0.25) is 11.6 Å². The van der Waals surface area contributed by atoms with E-state index in [2.05, 4.69) is 0 Å². The lowest BCUT2D eigenvalue weighted by molar-refractivity contribution is -0.146. The Bertz CT molecular complexity index is 937. The van der Waals surface area contributed by atoms with Crippen molar-refractivity contribution in [3.8, 4) is 0 Å². The van der Waals surface area contributed by atoms with E-state index in [1.54, 1.807) is 11.5 Å². The molecule has 0 radical (unpaired) electrons. The fraction of sp³-hybridized carbons (Fsp3) is 0.444. The lowest BCUT2D eigenvalue weighted by Crippen LogP contribution is -2.27. The monoisotopic (exact) mass is 373 g/mol. The van der Waals surface area contributed by atoms with E-state index < -0.39 is 18.2 Å². The van der Waals surface area contributed by atoms with Crippen LogP contribution >= 0.6 is 0 Å². The van der Waals surface area contributed by atoms with E-state index in [9.17, 15) is 19.2 Å². The number of Topliss-reactive ketones (excluding diaryl/α,β-unsaturated/α-hetero) is 2. The number of aromatic nitrogens is 1. The van der Waals surface area contributed by atoms with E-state index in [-0.39, 0.29) is 29.4 Å². The van der Waals surface area contributed by atoms with Crippen LogP contribution in [-0.2, 0) is 27.4 Å². The largest absolute Gasteiger partial charge is 0.456 e. The highest BCUT2D eigenvalue weighted by atomic mass is 16.5. The van der Waals surface area contributed by atoms with Crippen LogP contribution in [0.2, 0.25) is 0 Å². The molecule has 1 amide bonds. The summed E-state index contributed by atoms with van der Waals surface area (Å²) in [5.41, 5.74) is 7.30. The summed E-state index contributed by atoms with van der Waals surface area (Å²) in [7, 11) is 0. The average molecular weight is 373 g/mol. The molecule has 1 atom stereocenters. The van der Waals surface area contributed by atoms with Crippen molar-refractivity contribution in [1.82, 2.24) is 9.47 Å². The van der Waals surface area contributed by atoms with Crippen LogP contribution in [0.4, 0.5) is 4.79 Å². The molecule has 0 saturated carbocycles. The van der Waals surface area contributed by atoms with Crippen molar-refractivity contribution in [1.29, 1.82) is 0 Å². The van der Waals surface area contributed by atoms with Gasteiger partial charge in [0.15, 0.2) is 0 Å². The Morgan fingerprint density at radius 1 is 1.19 bits per heavy atom. The summed E-state index contributed by atoms with van der Waals surface area (Å²) in [6.45, 7) is 4.55. The lowest BCUT2D eigenvalue weighted by Gasteiger charge is -2.20. The Labute approximate surface area is 154 Å². The molecule has 27 heavy (non-hydrogen) atoms. The van der Waals surface area contributed by atoms with Crippen LogP contribution in [0, 0.1) is 0 Å². The molecule has 9 nitrogen and oxygen atoms in total. The number of nitrogens with two attached hydrogens (primary N) is 1. The standard InChI is InChI=1S/C18H19N3O6/c1-8-13(20-5-6-20)17(24)12-10(7-26-18(19)25)14-11(27-9(2)22)3-4-21(14)15(12)16(8)23/h11H,3-7H2,1-2H3,(H2,19,25). The predicted octanol–water partition coefficient (Wildman–Crippen LogP) is 1.06. The third-order valence-corrected chi connectivity index (χ3v) is 5.11. The predicted molar refractivity (Wildman–Crippen MR) is 90.9 cm³/mol. The molecule has 0 bridgehead atoms. The molecule has 1 aromatic rings. The number of hydrogen-bond donors (Lipinski definition) is 1. The molecular weight excluding hydrogens is 354 g/mol. The highest BCUT2D eigenvalue weighted by molar-refractivity contribution is 6.27. The van der Waals surface area contributed by atoms with Gasteiger partial charge < -0.3 is 24.7 Å². The summed E-state index contributed by atoms with van der Waals surface area (Å²) in [5, 5.41) is 0. The summed E-state index contributed by atoms with van der Waals surface area (Å²) in [6.07, 6.45) is -1.11. The summed E-state index contributed by atoms with van der Waals surface area (Å²) in [6, 6.07) is 0. The van der Waals surface area contributed by atoms with Crippen molar-refractivity contribution in [2.75, 3.05) is 13.1 Å². The number of allylic oxidation sites excluding steroid dienone is 2. The SMILES string of the molecule is CC(=O)OC1CCn2c3c(c(COC(N)=O)c21)C(=O)C(N1CC1)=C(C)C3=O. The van der Waals surface area contributed by atoms with Gasteiger partial charge in [0, 0.05) is 44.1 Å². The van der Waals surface area contributed by atoms with Crippen LogP contribution in [0.25, 0.3) is 0 Å². The van der Waals surface area contributed by atoms with E-state index in [1.807, 2.05) is 4.90 Å². The zero-order chi connectivity index (χ0) is 19.5. The van der Waals surface area contributed by atoms with Crippen molar-refractivity contribution in [2.45, 2.75) is 39.5 Å². The van der Waals surface area contributed by atoms with Crippen LogP contribution < -0.4 is 5.73 Å². The Morgan fingerprint density at radius 2 is 1.89 bits per heavy atom. The van der Waals surface area contributed by atoms with E-state index in [0.717, 1.165) is 13.1 Å². The second-order valence-corrected chi connectivity index (χ2v) is 6.85. The number of carbonyl (C=O) groups excluding carboxylic acids is 4. The number of ketones is 2. The number of carbonyl (C=O) groups is 4. The quantitative estimate of drug-likeness (QED) is 0.619. The molecule has 1 saturated heterocycles. The average Bonchev–Trinajstić information content (AvgIpc) is 3.25. The fourth-order valence-corrected chi connectivity index (χ4v) is 3.99. The smallest absolute Gasteiger partial charge is 0.404 e. The minimum Gasteiger partial charge on any atom is -0.456 e. The summed E-state index contributed by atoms with van der Waals surface area (Å²) < 4.78 is 12.0. The highest BCUT2D eigenvalue weighted by Crippen LogP contribution is 2.43. The van der Waals surface area contributed by atoms with Gasteiger partial charge >= 0.3 is 12.1 Å². The molecule has 0 spiro atoms. The van der Waals surface area contributed by atoms with Crippen LogP contribution in [0.3, 0.4) is 0 Å². The first-order chi connectivity index (χ1) is 12.8. The van der Waals surface area contributed by atoms with Gasteiger partial charge in [-0.05, 0) is 6.92 Å².